The van der Waals surface area contributed by atoms with Gasteiger partial charge < -0.3 is 20.1 Å². The molecular weight excluding hydrogens is 382 g/mol. The van der Waals surface area contributed by atoms with Crippen molar-refractivity contribution >= 4 is 17.3 Å². The van der Waals surface area contributed by atoms with Crippen LogP contribution in [0.5, 0.6) is 5.75 Å². The maximum Gasteiger partial charge on any atom is 0.191 e. The van der Waals surface area contributed by atoms with E-state index in [0.717, 1.165) is 63.8 Å². The van der Waals surface area contributed by atoms with Gasteiger partial charge in [-0.15, -0.1) is 11.3 Å². The maximum absolute atomic E-state index is 5.67. The molecule has 3 rings (SSSR count). The summed E-state index contributed by atoms with van der Waals surface area (Å²) in [6.45, 7) is 8.85. The highest BCUT2D eigenvalue weighted by Gasteiger charge is 2.34. The van der Waals surface area contributed by atoms with Crippen molar-refractivity contribution in [3.8, 4) is 5.75 Å². The minimum atomic E-state index is 0.0130. The Kier molecular flexibility index (Phi) is 8.38. The number of guanidine groups is 1. The van der Waals surface area contributed by atoms with E-state index in [-0.39, 0.29) is 5.41 Å². The van der Waals surface area contributed by atoms with Crippen LogP contribution in [-0.4, -0.2) is 45.4 Å². The van der Waals surface area contributed by atoms with Gasteiger partial charge in [0.2, 0.25) is 0 Å². The number of rotatable bonds is 9. The first-order valence-electron chi connectivity index (χ1n) is 10.6. The van der Waals surface area contributed by atoms with Gasteiger partial charge in [0.15, 0.2) is 5.96 Å². The van der Waals surface area contributed by atoms with Crippen molar-refractivity contribution in [2.75, 3.05) is 39.5 Å². The molecule has 158 valence electrons. The van der Waals surface area contributed by atoms with E-state index in [1.807, 2.05) is 6.92 Å². The van der Waals surface area contributed by atoms with E-state index in [1.165, 1.54) is 10.4 Å². The number of hydrogen-bond donors (Lipinski definition) is 2. The highest BCUT2D eigenvalue weighted by molar-refractivity contribution is 7.09. The zero-order valence-electron chi connectivity index (χ0n) is 17.6. The quantitative estimate of drug-likeness (QED) is 0.480. The number of aliphatic imine (C=N–C) groups is 1. The number of nitrogens with zero attached hydrogens (tertiary/aromatic N) is 1. The summed E-state index contributed by atoms with van der Waals surface area (Å²) in [5.41, 5.74) is 1.33. The molecule has 2 N–H and O–H groups in total. The van der Waals surface area contributed by atoms with E-state index in [1.54, 1.807) is 11.3 Å². The van der Waals surface area contributed by atoms with Gasteiger partial charge in [-0.05, 0) is 62.3 Å². The van der Waals surface area contributed by atoms with Crippen LogP contribution in [0.4, 0.5) is 0 Å². The first-order chi connectivity index (χ1) is 14.3. The molecule has 1 aromatic heterocycles. The van der Waals surface area contributed by atoms with Gasteiger partial charge in [-0.2, -0.15) is 0 Å². The number of benzene rings is 1. The largest absolute Gasteiger partial charge is 0.494 e. The fourth-order valence-corrected chi connectivity index (χ4v) is 4.41. The van der Waals surface area contributed by atoms with Crippen LogP contribution in [0.1, 0.15) is 37.1 Å². The fraction of sp³-hybridized carbons (Fsp3) is 0.522. The lowest BCUT2D eigenvalue weighted by Gasteiger charge is -2.36. The highest BCUT2D eigenvalue weighted by atomic mass is 32.1. The molecule has 0 atom stereocenters. The molecule has 1 saturated heterocycles. The van der Waals surface area contributed by atoms with E-state index >= 15 is 0 Å². The summed E-state index contributed by atoms with van der Waals surface area (Å²) in [6.07, 6.45) is 2.98. The molecule has 0 spiro atoms. The van der Waals surface area contributed by atoms with E-state index < -0.39 is 0 Å². The van der Waals surface area contributed by atoms with Gasteiger partial charge in [0.1, 0.15) is 5.75 Å². The zero-order valence-corrected chi connectivity index (χ0v) is 18.4. The smallest absolute Gasteiger partial charge is 0.191 e. The maximum atomic E-state index is 5.67. The third kappa shape index (κ3) is 6.21. The minimum absolute atomic E-state index is 0.0130. The molecule has 29 heavy (non-hydrogen) atoms. The summed E-state index contributed by atoms with van der Waals surface area (Å²) in [7, 11) is 0. The molecule has 0 radical (unpaired) electrons. The van der Waals surface area contributed by atoms with Crippen molar-refractivity contribution in [2.45, 2.75) is 38.5 Å². The number of nitrogens with one attached hydrogen (secondary N) is 2. The van der Waals surface area contributed by atoms with E-state index in [0.29, 0.717) is 6.61 Å². The molecule has 1 aliphatic heterocycles. The average molecular weight is 416 g/mol. The van der Waals surface area contributed by atoms with Crippen LogP contribution in [-0.2, 0) is 16.6 Å². The van der Waals surface area contributed by atoms with Gasteiger partial charge >= 0.3 is 0 Å². The van der Waals surface area contributed by atoms with Crippen molar-refractivity contribution in [1.82, 2.24) is 10.6 Å². The first-order valence-corrected chi connectivity index (χ1v) is 11.5. The van der Waals surface area contributed by atoms with Gasteiger partial charge in [0.25, 0.3) is 0 Å². The second-order valence-corrected chi connectivity index (χ2v) is 8.33. The SMILES string of the molecule is CCNC(=NCC1(c2ccc(OCC)cc2)CCOCC1)NCCc1cccs1. The van der Waals surface area contributed by atoms with Crippen LogP contribution >= 0.6 is 11.3 Å². The van der Waals surface area contributed by atoms with Gasteiger partial charge in [-0.25, -0.2) is 0 Å². The van der Waals surface area contributed by atoms with E-state index in [4.69, 9.17) is 14.5 Å². The molecular formula is C23H33N3O2S. The zero-order chi connectivity index (χ0) is 20.4. The van der Waals surface area contributed by atoms with Crippen molar-refractivity contribution in [2.24, 2.45) is 4.99 Å². The van der Waals surface area contributed by atoms with E-state index in [2.05, 4.69) is 59.3 Å². The molecule has 0 unspecified atom stereocenters. The Bertz CT molecular complexity index is 738. The molecule has 1 aromatic carbocycles. The van der Waals surface area contributed by atoms with Gasteiger partial charge in [0.05, 0.1) is 13.2 Å². The lowest BCUT2D eigenvalue weighted by Crippen LogP contribution is -2.41. The molecule has 5 nitrogen and oxygen atoms in total. The molecule has 2 aromatic rings. The molecule has 6 heteroatoms. The molecule has 0 bridgehead atoms. The summed E-state index contributed by atoms with van der Waals surface area (Å²) in [6, 6.07) is 12.8. The number of thiophene rings is 1. The van der Waals surface area contributed by atoms with Crippen LogP contribution < -0.4 is 15.4 Å². The Hall–Kier alpha value is -2.05. The van der Waals surface area contributed by atoms with Crippen molar-refractivity contribution in [1.29, 1.82) is 0 Å². The lowest BCUT2D eigenvalue weighted by molar-refractivity contribution is 0.0531. The van der Waals surface area contributed by atoms with Crippen LogP contribution in [0.15, 0.2) is 46.8 Å². The average Bonchev–Trinajstić information content (AvgIpc) is 3.27. The monoisotopic (exact) mass is 415 g/mol. The predicted molar refractivity (Wildman–Crippen MR) is 121 cm³/mol. The topological polar surface area (TPSA) is 54.9 Å². The molecule has 2 heterocycles. The highest BCUT2D eigenvalue weighted by Crippen LogP contribution is 2.36. The normalized spacial score (nSPS) is 16.4. The molecule has 0 amide bonds. The third-order valence-corrected chi connectivity index (χ3v) is 6.29. The first kappa shape index (κ1) is 21.7. The molecule has 0 aliphatic carbocycles. The standard InChI is InChI=1S/C23H33N3O2S/c1-3-24-22(25-14-11-21-6-5-17-29-21)26-18-23(12-15-27-16-13-23)19-7-9-20(10-8-19)28-4-2/h5-10,17H,3-4,11-16,18H2,1-2H3,(H2,24,25,26). The lowest BCUT2D eigenvalue weighted by atomic mass is 9.74. The van der Waals surface area contributed by atoms with Crippen molar-refractivity contribution in [3.63, 3.8) is 0 Å². The van der Waals surface area contributed by atoms with Crippen LogP contribution in [0, 0.1) is 0 Å². The van der Waals surface area contributed by atoms with Crippen LogP contribution in [0.3, 0.4) is 0 Å². The van der Waals surface area contributed by atoms with Crippen LogP contribution in [0.25, 0.3) is 0 Å². The summed E-state index contributed by atoms with van der Waals surface area (Å²) < 4.78 is 11.3. The Morgan fingerprint density at radius 2 is 1.93 bits per heavy atom. The third-order valence-electron chi connectivity index (χ3n) is 5.36. The van der Waals surface area contributed by atoms with Gasteiger partial charge in [0, 0.05) is 36.6 Å². The van der Waals surface area contributed by atoms with Crippen molar-refractivity contribution < 1.29 is 9.47 Å². The molecule has 1 fully saturated rings. The van der Waals surface area contributed by atoms with Gasteiger partial charge in [-0.1, -0.05) is 18.2 Å². The molecule has 0 saturated carbocycles. The summed E-state index contributed by atoms with van der Waals surface area (Å²) >= 11 is 1.80. The Morgan fingerprint density at radius 1 is 1.14 bits per heavy atom. The van der Waals surface area contributed by atoms with E-state index in [9.17, 15) is 0 Å². The number of ether oxygens (including phenoxy) is 2. The predicted octanol–water partition coefficient (Wildman–Crippen LogP) is 3.99. The van der Waals surface area contributed by atoms with Crippen LogP contribution in [0.2, 0.25) is 0 Å². The Balaban J connectivity index is 1.69. The Labute approximate surface area is 178 Å². The second kappa shape index (κ2) is 11.2. The number of hydrogen-bond acceptors (Lipinski definition) is 4. The summed E-state index contributed by atoms with van der Waals surface area (Å²) in [5.74, 6) is 1.81. The summed E-state index contributed by atoms with van der Waals surface area (Å²) in [4.78, 5) is 6.37. The van der Waals surface area contributed by atoms with Gasteiger partial charge in [-0.3, -0.25) is 4.99 Å². The second-order valence-electron chi connectivity index (χ2n) is 7.30. The minimum Gasteiger partial charge on any atom is -0.494 e. The summed E-state index contributed by atoms with van der Waals surface area (Å²) in [5, 5.41) is 9.00. The fourth-order valence-electron chi connectivity index (χ4n) is 3.70. The van der Waals surface area contributed by atoms with Crippen molar-refractivity contribution in [3.05, 3.63) is 52.2 Å². The Morgan fingerprint density at radius 3 is 2.59 bits per heavy atom. The molecule has 1 aliphatic rings.